The number of nitrogens with zero attached hydrogens (tertiary/aromatic N) is 1. The summed E-state index contributed by atoms with van der Waals surface area (Å²) >= 11 is 5.64. The monoisotopic (exact) mass is 229 g/mol. The summed E-state index contributed by atoms with van der Waals surface area (Å²) in [7, 11) is 0. The van der Waals surface area contributed by atoms with Crippen molar-refractivity contribution >= 4 is 11.6 Å². The second kappa shape index (κ2) is 5.33. The molecule has 0 spiro atoms. The van der Waals surface area contributed by atoms with Crippen molar-refractivity contribution in [1.29, 1.82) is 0 Å². The zero-order valence-electron chi connectivity index (χ0n) is 9.29. The average molecular weight is 230 g/mol. The van der Waals surface area contributed by atoms with Crippen molar-refractivity contribution in [3.63, 3.8) is 0 Å². The minimum absolute atomic E-state index is 0.123. The summed E-state index contributed by atoms with van der Waals surface area (Å²) in [5.74, 6) is 0.705. The van der Waals surface area contributed by atoms with Crippen LogP contribution in [0.3, 0.4) is 0 Å². The van der Waals surface area contributed by atoms with E-state index in [-0.39, 0.29) is 5.60 Å². The van der Waals surface area contributed by atoms with Crippen molar-refractivity contribution in [2.24, 2.45) is 0 Å². The van der Waals surface area contributed by atoms with Crippen molar-refractivity contribution < 1.29 is 9.47 Å². The first kappa shape index (κ1) is 12.3. The van der Waals surface area contributed by atoms with Crippen LogP contribution >= 0.6 is 11.6 Å². The second-order valence-electron chi connectivity index (χ2n) is 4.13. The number of halogens is 1. The summed E-state index contributed by atoms with van der Waals surface area (Å²) in [6, 6.07) is 3.48. The van der Waals surface area contributed by atoms with Crippen molar-refractivity contribution in [3.8, 4) is 5.75 Å². The molecule has 3 nitrogen and oxygen atoms in total. The van der Waals surface area contributed by atoms with Crippen LogP contribution in [0.15, 0.2) is 18.3 Å². The standard InChI is InChI=1S/C11H16ClNO2/c1-11(2,3)15-7-6-14-9-4-5-10(12)13-8-9/h4-5,8H,6-7H2,1-3H3. The first-order valence-electron chi connectivity index (χ1n) is 4.86. The molecule has 0 bridgehead atoms. The largest absolute Gasteiger partial charge is 0.490 e. The van der Waals surface area contributed by atoms with Crippen LogP contribution in [0, 0.1) is 0 Å². The second-order valence-corrected chi connectivity index (χ2v) is 4.51. The molecule has 0 aliphatic rings. The Morgan fingerprint density at radius 3 is 2.53 bits per heavy atom. The third kappa shape index (κ3) is 5.60. The molecule has 1 rings (SSSR count). The molecule has 0 N–H and O–H groups in total. The minimum atomic E-state index is -0.123. The predicted octanol–water partition coefficient (Wildman–Crippen LogP) is 2.93. The van der Waals surface area contributed by atoms with E-state index in [2.05, 4.69) is 4.98 Å². The number of ether oxygens (including phenoxy) is 2. The number of pyridine rings is 1. The third-order valence-electron chi connectivity index (χ3n) is 1.59. The van der Waals surface area contributed by atoms with Crippen LogP contribution in [0.2, 0.25) is 5.15 Å². The summed E-state index contributed by atoms with van der Waals surface area (Å²) < 4.78 is 10.9. The van der Waals surface area contributed by atoms with E-state index in [1.807, 2.05) is 20.8 Å². The number of rotatable bonds is 4. The van der Waals surface area contributed by atoms with Crippen LogP contribution in [-0.4, -0.2) is 23.8 Å². The highest BCUT2D eigenvalue weighted by atomic mass is 35.5. The molecule has 0 saturated carbocycles. The van der Waals surface area contributed by atoms with Gasteiger partial charge in [-0.1, -0.05) is 11.6 Å². The molecule has 1 heterocycles. The fourth-order valence-electron chi connectivity index (χ4n) is 0.955. The van der Waals surface area contributed by atoms with E-state index >= 15 is 0 Å². The van der Waals surface area contributed by atoms with E-state index in [0.29, 0.717) is 24.1 Å². The van der Waals surface area contributed by atoms with Gasteiger partial charge in [0.05, 0.1) is 18.4 Å². The topological polar surface area (TPSA) is 31.4 Å². The molecule has 0 aliphatic heterocycles. The van der Waals surface area contributed by atoms with Crippen LogP contribution < -0.4 is 4.74 Å². The van der Waals surface area contributed by atoms with Crippen LogP contribution in [-0.2, 0) is 4.74 Å². The van der Waals surface area contributed by atoms with Crippen molar-refractivity contribution in [2.45, 2.75) is 26.4 Å². The molecule has 4 heteroatoms. The summed E-state index contributed by atoms with van der Waals surface area (Å²) in [5, 5.41) is 0.466. The highest BCUT2D eigenvalue weighted by Gasteiger charge is 2.09. The molecule has 0 aliphatic carbocycles. The zero-order valence-corrected chi connectivity index (χ0v) is 10.0. The van der Waals surface area contributed by atoms with Crippen molar-refractivity contribution in [1.82, 2.24) is 4.98 Å². The van der Waals surface area contributed by atoms with Gasteiger partial charge >= 0.3 is 0 Å². The molecule has 15 heavy (non-hydrogen) atoms. The van der Waals surface area contributed by atoms with Crippen LogP contribution in [0.4, 0.5) is 0 Å². The molecule has 0 unspecified atom stereocenters. The summed E-state index contributed by atoms with van der Waals surface area (Å²) in [6.07, 6.45) is 1.60. The minimum Gasteiger partial charge on any atom is -0.490 e. The first-order chi connectivity index (χ1) is 6.97. The maximum Gasteiger partial charge on any atom is 0.137 e. The van der Waals surface area contributed by atoms with Gasteiger partial charge in [0.2, 0.25) is 0 Å². The number of aromatic nitrogens is 1. The Bertz CT molecular complexity index is 292. The molecule has 1 aromatic heterocycles. The van der Waals surface area contributed by atoms with Gasteiger partial charge in [0.15, 0.2) is 0 Å². The van der Waals surface area contributed by atoms with Crippen molar-refractivity contribution in [3.05, 3.63) is 23.5 Å². The molecule has 1 aromatic rings. The van der Waals surface area contributed by atoms with E-state index in [9.17, 15) is 0 Å². The smallest absolute Gasteiger partial charge is 0.137 e. The van der Waals surface area contributed by atoms with Crippen molar-refractivity contribution in [2.75, 3.05) is 13.2 Å². The Balaban J connectivity index is 2.23. The molecule has 84 valence electrons. The van der Waals surface area contributed by atoms with E-state index in [4.69, 9.17) is 21.1 Å². The van der Waals surface area contributed by atoms with Gasteiger partial charge in [-0.25, -0.2) is 4.98 Å². The van der Waals surface area contributed by atoms with E-state index in [0.717, 1.165) is 0 Å². The summed E-state index contributed by atoms with van der Waals surface area (Å²) in [4.78, 5) is 3.91. The van der Waals surface area contributed by atoms with Gasteiger partial charge in [0.25, 0.3) is 0 Å². The highest BCUT2D eigenvalue weighted by Crippen LogP contribution is 2.12. The third-order valence-corrected chi connectivity index (χ3v) is 1.81. The quantitative estimate of drug-likeness (QED) is 0.588. The number of hydrogen-bond donors (Lipinski definition) is 0. The molecule has 0 fully saturated rings. The van der Waals surface area contributed by atoms with Crippen LogP contribution in [0.25, 0.3) is 0 Å². The van der Waals surface area contributed by atoms with Crippen LogP contribution in [0.5, 0.6) is 5.75 Å². The maximum atomic E-state index is 5.64. The fraction of sp³-hybridized carbons (Fsp3) is 0.545. The average Bonchev–Trinajstić information content (AvgIpc) is 2.14. The number of hydrogen-bond acceptors (Lipinski definition) is 3. The summed E-state index contributed by atoms with van der Waals surface area (Å²) in [6.45, 7) is 7.11. The molecule has 0 atom stereocenters. The Morgan fingerprint density at radius 2 is 2.00 bits per heavy atom. The Labute approximate surface area is 95.4 Å². The van der Waals surface area contributed by atoms with Gasteiger partial charge in [-0.15, -0.1) is 0 Å². The Kier molecular flexibility index (Phi) is 4.36. The lowest BCUT2D eigenvalue weighted by Crippen LogP contribution is -2.22. The van der Waals surface area contributed by atoms with Gasteiger partial charge in [-0.2, -0.15) is 0 Å². The Hall–Kier alpha value is -0.800. The molecule has 0 aromatic carbocycles. The molecule has 0 amide bonds. The fourth-order valence-corrected chi connectivity index (χ4v) is 1.07. The summed E-state index contributed by atoms with van der Waals surface area (Å²) in [5.41, 5.74) is -0.123. The molecular formula is C11H16ClNO2. The van der Waals surface area contributed by atoms with Gasteiger partial charge in [0.1, 0.15) is 17.5 Å². The van der Waals surface area contributed by atoms with Crippen LogP contribution in [0.1, 0.15) is 20.8 Å². The van der Waals surface area contributed by atoms with Gasteiger partial charge in [-0.3, -0.25) is 0 Å². The molecular weight excluding hydrogens is 214 g/mol. The normalized spacial score (nSPS) is 11.5. The molecule has 0 saturated heterocycles. The lowest BCUT2D eigenvalue weighted by atomic mass is 10.2. The highest BCUT2D eigenvalue weighted by molar-refractivity contribution is 6.29. The Morgan fingerprint density at radius 1 is 1.27 bits per heavy atom. The van der Waals surface area contributed by atoms with E-state index in [1.54, 1.807) is 18.3 Å². The first-order valence-corrected chi connectivity index (χ1v) is 5.23. The predicted molar refractivity (Wildman–Crippen MR) is 60.4 cm³/mol. The van der Waals surface area contributed by atoms with Gasteiger partial charge in [0, 0.05) is 0 Å². The SMILES string of the molecule is CC(C)(C)OCCOc1ccc(Cl)nc1. The lowest BCUT2D eigenvalue weighted by molar-refractivity contribution is -0.0163. The lowest BCUT2D eigenvalue weighted by Gasteiger charge is -2.19. The van der Waals surface area contributed by atoms with Gasteiger partial charge < -0.3 is 9.47 Å². The molecule has 0 radical (unpaired) electrons. The van der Waals surface area contributed by atoms with Gasteiger partial charge in [-0.05, 0) is 32.9 Å². The van der Waals surface area contributed by atoms with E-state index < -0.39 is 0 Å². The van der Waals surface area contributed by atoms with E-state index in [1.165, 1.54) is 0 Å². The maximum absolute atomic E-state index is 5.64. The zero-order chi connectivity index (χ0) is 11.3.